The van der Waals surface area contributed by atoms with Crippen LogP contribution in [0.15, 0.2) is 42.5 Å². The highest BCUT2D eigenvalue weighted by molar-refractivity contribution is 5.47. The Morgan fingerprint density at radius 1 is 1.24 bits per heavy atom. The van der Waals surface area contributed by atoms with Gasteiger partial charge < -0.3 is 15.2 Å². The van der Waals surface area contributed by atoms with Gasteiger partial charge in [0.2, 0.25) is 0 Å². The molecule has 4 nitrogen and oxygen atoms in total. The van der Waals surface area contributed by atoms with Gasteiger partial charge in [0.05, 0.1) is 7.11 Å². The van der Waals surface area contributed by atoms with Crippen LogP contribution in [0.3, 0.4) is 0 Å². The maximum atomic E-state index is 5.92. The summed E-state index contributed by atoms with van der Waals surface area (Å²) in [6.45, 7) is 3.31. The van der Waals surface area contributed by atoms with E-state index in [1.807, 2.05) is 30.3 Å². The van der Waals surface area contributed by atoms with Crippen LogP contribution < -0.4 is 15.2 Å². The molecule has 0 saturated heterocycles. The summed E-state index contributed by atoms with van der Waals surface area (Å²) in [6.07, 6.45) is 0. The van der Waals surface area contributed by atoms with Crippen molar-refractivity contribution in [1.29, 1.82) is 0 Å². The summed E-state index contributed by atoms with van der Waals surface area (Å²) in [4.78, 5) is 2.36. The Morgan fingerprint density at radius 3 is 2.95 bits per heavy atom. The van der Waals surface area contributed by atoms with E-state index >= 15 is 0 Å². The van der Waals surface area contributed by atoms with Crippen LogP contribution in [0.2, 0.25) is 0 Å². The third kappa shape index (κ3) is 3.28. The molecule has 0 amide bonds. The Labute approximate surface area is 125 Å². The van der Waals surface area contributed by atoms with E-state index in [1.165, 1.54) is 5.56 Å². The zero-order valence-electron chi connectivity index (χ0n) is 12.2. The third-order valence-electron chi connectivity index (χ3n) is 3.66. The number of rotatable bonds is 3. The van der Waals surface area contributed by atoms with Gasteiger partial charge in [0.25, 0.3) is 0 Å². The summed E-state index contributed by atoms with van der Waals surface area (Å²) in [5.74, 6) is 1.79. The summed E-state index contributed by atoms with van der Waals surface area (Å²) >= 11 is 0. The van der Waals surface area contributed by atoms with Gasteiger partial charge in [0.1, 0.15) is 18.1 Å². The standard InChI is InChI=1S/C17H20N2O2/c1-20-16-9-13(8-15(18)10-16)11-19-6-7-21-17-5-3-2-4-14(17)12-19/h2-5,8-10H,6-7,11-12,18H2,1H3. The van der Waals surface area contributed by atoms with Gasteiger partial charge in [-0.3, -0.25) is 4.90 Å². The van der Waals surface area contributed by atoms with Crippen LogP contribution >= 0.6 is 0 Å². The first-order valence-corrected chi connectivity index (χ1v) is 7.11. The van der Waals surface area contributed by atoms with Gasteiger partial charge in [-0.1, -0.05) is 18.2 Å². The largest absolute Gasteiger partial charge is 0.497 e. The van der Waals surface area contributed by atoms with Gasteiger partial charge in [-0.15, -0.1) is 0 Å². The smallest absolute Gasteiger partial charge is 0.123 e. The molecule has 0 unspecified atom stereocenters. The predicted molar refractivity (Wildman–Crippen MR) is 83.5 cm³/mol. The summed E-state index contributed by atoms with van der Waals surface area (Å²) in [7, 11) is 1.66. The van der Waals surface area contributed by atoms with Crippen LogP contribution in [0.1, 0.15) is 11.1 Å². The lowest BCUT2D eigenvalue weighted by molar-refractivity contribution is 0.219. The van der Waals surface area contributed by atoms with Gasteiger partial charge in [0.15, 0.2) is 0 Å². The van der Waals surface area contributed by atoms with Gasteiger partial charge in [-0.2, -0.15) is 0 Å². The van der Waals surface area contributed by atoms with Crippen molar-refractivity contribution in [2.75, 3.05) is 26.0 Å². The Bertz CT molecular complexity index is 628. The number of ether oxygens (including phenoxy) is 2. The number of nitrogens with zero attached hydrogens (tertiary/aromatic N) is 1. The molecule has 0 spiro atoms. The first kappa shape index (κ1) is 13.8. The molecule has 3 rings (SSSR count). The number of fused-ring (bicyclic) bond motifs is 1. The van der Waals surface area contributed by atoms with E-state index in [2.05, 4.69) is 17.0 Å². The van der Waals surface area contributed by atoms with Crippen LogP contribution in [-0.4, -0.2) is 25.2 Å². The topological polar surface area (TPSA) is 47.7 Å². The van der Waals surface area contributed by atoms with E-state index in [0.29, 0.717) is 6.61 Å². The number of methoxy groups -OCH3 is 1. The van der Waals surface area contributed by atoms with Crippen LogP contribution in [0.4, 0.5) is 5.69 Å². The number of para-hydroxylation sites is 1. The second-order valence-corrected chi connectivity index (χ2v) is 5.28. The van der Waals surface area contributed by atoms with E-state index < -0.39 is 0 Å². The molecule has 0 saturated carbocycles. The van der Waals surface area contributed by atoms with Crippen molar-refractivity contribution in [3.63, 3.8) is 0 Å². The molecule has 110 valence electrons. The molecule has 2 N–H and O–H groups in total. The highest BCUT2D eigenvalue weighted by Crippen LogP contribution is 2.25. The SMILES string of the molecule is COc1cc(N)cc(CN2CCOc3ccccc3C2)c1. The lowest BCUT2D eigenvalue weighted by Gasteiger charge is -2.20. The third-order valence-corrected chi connectivity index (χ3v) is 3.66. The second kappa shape index (κ2) is 6.06. The number of nitrogen functional groups attached to an aromatic ring is 1. The number of benzene rings is 2. The molecule has 4 heteroatoms. The molecule has 1 aliphatic heterocycles. The molecule has 0 aromatic heterocycles. The van der Waals surface area contributed by atoms with E-state index in [1.54, 1.807) is 7.11 Å². The predicted octanol–water partition coefficient (Wildman–Crippen LogP) is 2.67. The van der Waals surface area contributed by atoms with Crippen molar-refractivity contribution in [3.05, 3.63) is 53.6 Å². The van der Waals surface area contributed by atoms with Gasteiger partial charge in [-0.05, 0) is 23.8 Å². The molecule has 1 heterocycles. The lowest BCUT2D eigenvalue weighted by Crippen LogP contribution is -2.25. The van der Waals surface area contributed by atoms with E-state index in [-0.39, 0.29) is 0 Å². The molecule has 0 aliphatic carbocycles. The second-order valence-electron chi connectivity index (χ2n) is 5.28. The fraction of sp³-hybridized carbons (Fsp3) is 0.294. The number of anilines is 1. The van der Waals surface area contributed by atoms with Crippen LogP contribution in [0, 0.1) is 0 Å². The number of nitrogens with two attached hydrogens (primary N) is 1. The quantitative estimate of drug-likeness (QED) is 0.880. The average molecular weight is 284 g/mol. The molecule has 0 atom stereocenters. The van der Waals surface area contributed by atoms with Crippen LogP contribution in [-0.2, 0) is 13.1 Å². The normalized spacial score (nSPS) is 14.9. The van der Waals surface area contributed by atoms with Crippen LogP contribution in [0.25, 0.3) is 0 Å². The number of hydrogen-bond donors (Lipinski definition) is 1. The summed E-state index contributed by atoms with van der Waals surface area (Å²) in [6, 6.07) is 14.1. The minimum atomic E-state index is 0.705. The first-order valence-electron chi connectivity index (χ1n) is 7.11. The fourth-order valence-corrected chi connectivity index (χ4v) is 2.67. The number of hydrogen-bond acceptors (Lipinski definition) is 4. The molecule has 21 heavy (non-hydrogen) atoms. The monoisotopic (exact) mass is 284 g/mol. The minimum Gasteiger partial charge on any atom is -0.497 e. The molecule has 2 aromatic carbocycles. The van der Waals surface area contributed by atoms with Crippen molar-refractivity contribution in [3.8, 4) is 11.5 Å². The van der Waals surface area contributed by atoms with Gasteiger partial charge in [-0.25, -0.2) is 0 Å². The maximum Gasteiger partial charge on any atom is 0.123 e. The lowest BCUT2D eigenvalue weighted by atomic mass is 10.1. The first-order chi connectivity index (χ1) is 10.2. The van der Waals surface area contributed by atoms with Crippen molar-refractivity contribution in [2.45, 2.75) is 13.1 Å². The van der Waals surface area contributed by atoms with Gasteiger partial charge >= 0.3 is 0 Å². The molecule has 1 aliphatic rings. The fourth-order valence-electron chi connectivity index (χ4n) is 2.67. The molecule has 2 aromatic rings. The summed E-state index contributed by atoms with van der Waals surface area (Å²) in [5.41, 5.74) is 9.04. The molecular formula is C17H20N2O2. The van der Waals surface area contributed by atoms with Crippen molar-refractivity contribution in [1.82, 2.24) is 4.90 Å². The Balaban J connectivity index is 1.78. The Kier molecular flexibility index (Phi) is 3.97. The Hall–Kier alpha value is -2.20. The molecule has 0 bridgehead atoms. The van der Waals surface area contributed by atoms with Crippen LogP contribution in [0.5, 0.6) is 11.5 Å². The van der Waals surface area contributed by atoms with Crippen molar-refractivity contribution in [2.24, 2.45) is 0 Å². The Morgan fingerprint density at radius 2 is 2.10 bits per heavy atom. The average Bonchev–Trinajstić information content (AvgIpc) is 2.68. The van der Waals surface area contributed by atoms with Crippen molar-refractivity contribution >= 4 is 5.69 Å². The minimum absolute atomic E-state index is 0.705. The highest BCUT2D eigenvalue weighted by atomic mass is 16.5. The van der Waals surface area contributed by atoms with E-state index in [9.17, 15) is 0 Å². The van der Waals surface area contributed by atoms with Gasteiger partial charge in [0, 0.05) is 37.0 Å². The summed E-state index contributed by atoms with van der Waals surface area (Å²) in [5, 5.41) is 0. The molecule has 0 radical (unpaired) electrons. The molecule has 0 fully saturated rings. The highest BCUT2D eigenvalue weighted by Gasteiger charge is 2.15. The van der Waals surface area contributed by atoms with E-state index in [4.69, 9.17) is 15.2 Å². The summed E-state index contributed by atoms with van der Waals surface area (Å²) < 4.78 is 11.1. The maximum absolute atomic E-state index is 5.92. The molecular weight excluding hydrogens is 264 g/mol. The zero-order valence-corrected chi connectivity index (χ0v) is 12.2. The van der Waals surface area contributed by atoms with E-state index in [0.717, 1.165) is 42.4 Å². The zero-order chi connectivity index (χ0) is 14.7. The van der Waals surface area contributed by atoms with Crippen molar-refractivity contribution < 1.29 is 9.47 Å².